The van der Waals surface area contributed by atoms with Crippen molar-refractivity contribution in [3.63, 3.8) is 0 Å². The minimum absolute atomic E-state index is 0.0590. The number of amides is 1. The van der Waals surface area contributed by atoms with Crippen LogP contribution in [0.25, 0.3) is 5.76 Å². The number of Topliss-reactive ketones (excluding diaryl/α,β-unsaturated/α-hetero) is 1. The average Bonchev–Trinajstić information content (AvgIpc) is 3.59. The maximum atomic E-state index is 13.3. The molecule has 5 rings (SSSR count). The Morgan fingerprint density at radius 2 is 1.54 bits per heavy atom. The van der Waals surface area contributed by atoms with Gasteiger partial charge in [0.1, 0.15) is 29.0 Å². The lowest BCUT2D eigenvalue weighted by Gasteiger charge is -2.24. The van der Waals surface area contributed by atoms with Crippen LogP contribution in [0, 0.1) is 0 Å². The van der Waals surface area contributed by atoms with E-state index in [0.717, 1.165) is 24.1 Å². The number of ether oxygens (including phenoxy) is 2. The van der Waals surface area contributed by atoms with E-state index in [4.69, 9.17) is 9.47 Å². The molecule has 1 N–H and O–H groups in total. The number of hydrogen-bond acceptors (Lipinski definition) is 6. The van der Waals surface area contributed by atoms with Crippen LogP contribution in [0.2, 0.25) is 0 Å². The quantitative estimate of drug-likeness (QED) is 0.0966. The van der Waals surface area contributed by atoms with Crippen molar-refractivity contribution in [1.29, 1.82) is 0 Å². The van der Waals surface area contributed by atoms with Gasteiger partial charge in [-0.3, -0.25) is 14.5 Å². The summed E-state index contributed by atoms with van der Waals surface area (Å²) in [6.07, 6.45) is 3.19. The maximum Gasteiger partial charge on any atom is 0.300 e. The van der Waals surface area contributed by atoms with Crippen molar-refractivity contribution in [2.24, 2.45) is 0 Å². The minimum Gasteiger partial charge on any atom is -0.507 e. The first kappa shape index (κ1) is 26.3. The number of anilines is 1. The van der Waals surface area contributed by atoms with Crippen LogP contribution < -0.4 is 14.4 Å². The van der Waals surface area contributed by atoms with E-state index < -0.39 is 17.7 Å². The van der Waals surface area contributed by atoms with Gasteiger partial charge >= 0.3 is 0 Å². The first-order valence-electron chi connectivity index (χ1n) is 13.0. The molecule has 1 fully saturated rings. The van der Waals surface area contributed by atoms with Gasteiger partial charge in [0.25, 0.3) is 11.7 Å². The molecule has 1 atom stereocenters. The number of benzene rings is 3. The molecule has 7 heteroatoms. The highest BCUT2D eigenvalue weighted by Crippen LogP contribution is 2.44. The number of nitrogens with zero attached hydrogens (tertiary/aromatic N) is 1. The number of aliphatic hydroxyl groups is 1. The Balaban J connectivity index is 1.45. The molecule has 0 bridgehead atoms. The van der Waals surface area contributed by atoms with Crippen molar-refractivity contribution in [3.8, 4) is 17.2 Å². The Bertz CT molecular complexity index is 1440. The molecule has 1 amide bonds. The molecular weight excluding hydrogens is 510 g/mol. The van der Waals surface area contributed by atoms with Gasteiger partial charge in [-0.2, -0.15) is 0 Å². The molecule has 1 aliphatic rings. The van der Waals surface area contributed by atoms with Crippen molar-refractivity contribution >= 4 is 34.5 Å². The molecular formula is C32H29NO5S. The number of carbonyl (C=O) groups excluding carboxylic acids is 2. The van der Waals surface area contributed by atoms with Crippen molar-refractivity contribution < 1.29 is 24.2 Å². The van der Waals surface area contributed by atoms with Crippen LogP contribution in [-0.2, 0) is 9.59 Å². The van der Waals surface area contributed by atoms with Gasteiger partial charge in [-0.05, 0) is 78.5 Å². The maximum absolute atomic E-state index is 13.3. The van der Waals surface area contributed by atoms with Crippen LogP contribution in [-0.4, -0.2) is 23.4 Å². The molecule has 198 valence electrons. The molecule has 3 aromatic carbocycles. The van der Waals surface area contributed by atoms with Crippen LogP contribution in [0.5, 0.6) is 17.2 Å². The summed E-state index contributed by atoms with van der Waals surface area (Å²) in [7, 11) is 0. The molecule has 39 heavy (non-hydrogen) atoms. The van der Waals surface area contributed by atoms with Gasteiger partial charge in [-0.15, -0.1) is 11.3 Å². The second-order valence-electron chi connectivity index (χ2n) is 9.17. The van der Waals surface area contributed by atoms with E-state index in [9.17, 15) is 14.7 Å². The lowest BCUT2D eigenvalue weighted by atomic mass is 9.99. The summed E-state index contributed by atoms with van der Waals surface area (Å²) >= 11 is 1.42. The summed E-state index contributed by atoms with van der Waals surface area (Å²) in [5.41, 5.74) is 1.04. The van der Waals surface area contributed by atoms with Crippen molar-refractivity contribution in [2.75, 3.05) is 11.5 Å². The summed E-state index contributed by atoms with van der Waals surface area (Å²) in [6.45, 7) is 2.76. The van der Waals surface area contributed by atoms with E-state index >= 15 is 0 Å². The Labute approximate surface area is 231 Å². The Morgan fingerprint density at radius 3 is 2.21 bits per heavy atom. The van der Waals surface area contributed by atoms with Crippen molar-refractivity contribution in [1.82, 2.24) is 0 Å². The number of para-hydroxylation sites is 1. The molecule has 0 radical (unpaired) electrons. The second-order valence-corrected chi connectivity index (χ2v) is 10.2. The van der Waals surface area contributed by atoms with Crippen LogP contribution in [0.15, 0.2) is 102 Å². The molecule has 0 saturated carbocycles. The van der Waals surface area contributed by atoms with Gasteiger partial charge in [0, 0.05) is 16.1 Å². The third-order valence-corrected chi connectivity index (χ3v) is 7.42. The van der Waals surface area contributed by atoms with Crippen LogP contribution in [0.1, 0.15) is 42.7 Å². The highest BCUT2D eigenvalue weighted by molar-refractivity contribution is 7.10. The fraction of sp³-hybridized carbons (Fsp3) is 0.188. The molecule has 6 nitrogen and oxygen atoms in total. The van der Waals surface area contributed by atoms with Crippen LogP contribution in [0.4, 0.5) is 5.69 Å². The smallest absolute Gasteiger partial charge is 0.300 e. The zero-order chi connectivity index (χ0) is 27.2. The highest BCUT2D eigenvalue weighted by atomic mass is 32.1. The van der Waals surface area contributed by atoms with Gasteiger partial charge in [0.05, 0.1) is 12.2 Å². The highest BCUT2D eigenvalue weighted by Gasteiger charge is 2.47. The normalized spacial score (nSPS) is 16.4. The van der Waals surface area contributed by atoms with Crippen molar-refractivity contribution in [3.05, 3.63) is 112 Å². The van der Waals surface area contributed by atoms with Gasteiger partial charge in [-0.25, -0.2) is 0 Å². The lowest BCUT2D eigenvalue weighted by Crippen LogP contribution is -2.29. The van der Waals surface area contributed by atoms with Crippen LogP contribution in [0.3, 0.4) is 0 Å². The molecule has 1 unspecified atom stereocenters. The fourth-order valence-electron chi connectivity index (χ4n) is 4.52. The SMILES string of the molecule is CCCCCOc1ccc(/C(O)=C2/C(=O)C(=O)N(c3ccc(Oc4ccccc4)cc3)C2c2cccs2)cc1. The Kier molecular flexibility index (Phi) is 8.08. The fourth-order valence-corrected chi connectivity index (χ4v) is 5.34. The van der Waals surface area contributed by atoms with Gasteiger partial charge in [0.15, 0.2) is 0 Å². The Hall–Kier alpha value is -4.36. The van der Waals surface area contributed by atoms with Crippen LogP contribution >= 0.6 is 11.3 Å². The lowest BCUT2D eigenvalue weighted by molar-refractivity contribution is -0.132. The topological polar surface area (TPSA) is 76.1 Å². The van der Waals surface area contributed by atoms with E-state index in [0.29, 0.717) is 35.1 Å². The molecule has 0 spiro atoms. The van der Waals surface area contributed by atoms with E-state index in [-0.39, 0.29) is 11.3 Å². The van der Waals surface area contributed by atoms with Gasteiger partial charge in [0.2, 0.25) is 0 Å². The number of hydrogen-bond donors (Lipinski definition) is 1. The largest absolute Gasteiger partial charge is 0.507 e. The molecule has 1 aliphatic heterocycles. The molecule has 0 aliphatic carbocycles. The zero-order valence-corrected chi connectivity index (χ0v) is 22.4. The zero-order valence-electron chi connectivity index (χ0n) is 21.6. The summed E-state index contributed by atoms with van der Waals surface area (Å²) in [4.78, 5) is 28.9. The molecule has 4 aromatic rings. The molecule has 2 heterocycles. The van der Waals surface area contributed by atoms with Crippen molar-refractivity contribution in [2.45, 2.75) is 32.2 Å². The predicted octanol–water partition coefficient (Wildman–Crippen LogP) is 7.74. The second kappa shape index (κ2) is 12.0. The predicted molar refractivity (Wildman–Crippen MR) is 154 cm³/mol. The number of unbranched alkanes of at least 4 members (excludes halogenated alkanes) is 2. The summed E-state index contributed by atoms with van der Waals surface area (Å²) < 4.78 is 11.7. The number of aliphatic hydroxyl groups excluding tert-OH is 1. The molecule has 1 saturated heterocycles. The number of thiophene rings is 1. The Morgan fingerprint density at radius 1 is 0.846 bits per heavy atom. The van der Waals surface area contributed by atoms with E-state index in [1.165, 1.54) is 16.2 Å². The minimum atomic E-state index is -0.754. The summed E-state index contributed by atoms with van der Waals surface area (Å²) in [6, 6.07) is 26.3. The summed E-state index contributed by atoms with van der Waals surface area (Å²) in [5.74, 6) is 0.359. The number of rotatable bonds is 10. The summed E-state index contributed by atoms with van der Waals surface area (Å²) in [5, 5.41) is 13.2. The molecule has 1 aromatic heterocycles. The third-order valence-electron chi connectivity index (χ3n) is 6.50. The third kappa shape index (κ3) is 5.73. The average molecular weight is 540 g/mol. The monoisotopic (exact) mass is 539 g/mol. The van der Waals surface area contributed by atoms with Gasteiger partial charge < -0.3 is 14.6 Å². The standard InChI is InChI=1S/C32H29NO5S/c1-2-3-7-20-37-24-16-12-22(13-17-24)30(34)28-29(27-11-8-21-39-27)33(32(36)31(28)35)23-14-18-26(19-15-23)38-25-9-5-4-6-10-25/h4-6,8-19,21,29,34H,2-3,7,20H2,1H3/b30-28-. The number of carbonyl (C=O) groups is 2. The van der Waals surface area contributed by atoms with E-state index in [1.54, 1.807) is 48.5 Å². The first-order valence-corrected chi connectivity index (χ1v) is 13.9. The van der Waals surface area contributed by atoms with Gasteiger partial charge in [-0.1, -0.05) is 44.0 Å². The van der Waals surface area contributed by atoms with E-state index in [1.807, 2.05) is 47.8 Å². The van der Waals surface area contributed by atoms with E-state index in [2.05, 4.69) is 6.92 Å². The first-order chi connectivity index (χ1) is 19.1. The number of ketones is 1.